The van der Waals surface area contributed by atoms with Crippen LogP contribution in [0.25, 0.3) is 11.1 Å². The Morgan fingerprint density at radius 1 is 1.00 bits per heavy atom. The Hall–Kier alpha value is -1.77. The summed E-state index contributed by atoms with van der Waals surface area (Å²) in [5, 5.41) is 0. The highest BCUT2D eigenvalue weighted by molar-refractivity contribution is 5.64. The van der Waals surface area contributed by atoms with Crippen molar-refractivity contribution in [2.45, 2.75) is 13.8 Å². The second-order valence-electron chi connectivity index (χ2n) is 3.27. The molecule has 70 valence electrons. The van der Waals surface area contributed by atoms with Crippen LogP contribution in [0.4, 0.5) is 0 Å². The summed E-state index contributed by atoms with van der Waals surface area (Å²) in [5.41, 5.74) is 4.24. The van der Waals surface area contributed by atoms with E-state index in [1.54, 1.807) is 6.33 Å². The Labute approximate surface area is 82.9 Å². The van der Waals surface area contributed by atoms with Crippen LogP contribution in [0.5, 0.6) is 0 Å². The fraction of sp³-hybridized carbons (Fsp3) is 0.182. The van der Waals surface area contributed by atoms with Crippen molar-refractivity contribution in [1.82, 2.24) is 15.0 Å². The molecule has 0 saturated carbocycles. The van der Waals surface area contributed by atoms with Crippen molar-refractivity contribution in [3.8, 4) is 11.1 Å². The Balaban J connectivity index is 2.55. The van der Waals surface area contributed by atoms with E-state index in [9.17, 15) is 0 Å². The van der Waals surface area contributed by atoms with Gasteiger partial charge in [-0.15, -0.1) is 0 Å². The predicted octanol–water partition coefficient (Wildman–Crippen LogP) is 2.16. The van der Waals surface area contributed by atoms with Crippen molar-refractivity contribution in [3.63, 3.8) is 0 Å². The fourth-order valence-electron chi connectivity index (χ4n) is 1.38. The predicted molar refractivity (Wildman–Crippen MR) is 54.7 cm³/mol. The van der Waals surface area contributed by atoms with E-state index in [1.165, 1.54) is 0 Å². The van der Waals surface area contributed by atoms with Gasteiger partial charge in [-0.2, -0.15) is 0 Å². The van der Waals surface area contributed by atoms with Crippen molar-refractivity contribution >= 4 is 0 Å². The third-order valence-electron chi connectivity index (χ3n) is 2.10. The molecule has 2 aromatic rings. The molecule has 0 bridgehead atoms. The van der Waals surface area contributed by atoms with Crippen LogP contribution < -0.4 is 0 Å². The number of nitrogens with zero attached hydrogens (tertiary/aromatic N) is 3. The molecule has 0 atom stereocenters. The summed E-state index contributed by atoms with van der Waals surface area (Å²) in [4.78, 5) is 12.3. The van der Waals surface area contributed by atoms with Gasteiger partial charge in [0.25, 0.3) is 0 Å². The number of hydrogen-bond acceptors (Lipinski definition) is 3. The summed E-state index contributed by atoms with van der Waals surface area (Å²) in [7, 11) is 0. The smallest absolute Gasteiger partial charge is 0.115 e. The zero-order valence-corrected chi connectivity index (χ0v) is 8.23. The molecule has 3 nitrogen and oxygen atoms in total. The van der Waals surface area contributed by atoms with Crippen LogP contribution in [0, 0.1) is 13.8 Å². The first-order valence-electron chi connectivity index (χ1n) is 4.46. The van der Waals surface area contributed by atoms with Gasteiger partial charge >= 0.3 is 0 Å². The second-order valence-corrected chi connectivity index (χ2v) is 3.27. The highest BCUT2D eigenvalue weighted by Crippen LogP contribution is 2.20. The van der Waals surface area contributed by atoms with Crippen LogP contribution in [-0.4, -0.2) is 15.0 Å². The lowest BCUT2D eigenvalue weighted by Gasteiger charge is -2.03. The monoisotopic (exact) mass is 185 g/mol. The highest BCUT2D eigenvalue weighted by atomic mass is 14.8. The largest absolute Gasteiger partial charge is 0.264 e. The molecule has 0 aromatic carbocycles. The van der Waals surface area contributed by atoms with E-state index in [2.05, 4.69) is 21.0 Å². The van der Waals surface area contributed by atoms with E-state index in [0.29, 0.717) is 0 Å². The molecular weight excluding hydrogens is 174 g/mol. The Bertz CT molecular complexity index is 452. The molecule has 0 unspecified atom stereocenters. The maximum absolute atomic E-state index is 4.15. The maximum atomic E-state index is 4.15. The fourth-order valence-corrected chi connectivity index (χ4v) is 1.38. The van der Waals surface area contributed by atoms with Crippen molar-refractivity contribution in [1.29, 1.82) is 0 Å². The average Bonchev–Trinajstić information content (AvgIpc) is 2.18. The van der Waals surface area contributed by atoms with Crippen molar-refractivity contribution in [2.75, 3.05) is 0 Å². The van der Waals surface area contributed by atoms with Gasteiger partial charge in [-0.25, -0.2) is 9.97 Å². The topological polar surface area (TPSA) is 38.7 Å². The molecule has 0 N–H and O–H groups in total. The quantitative estimate of drug-likeness (QED) is 0.683. The molecular formula is C11H11N3. The van der Waals surface area contributed by atoms with E-state index in [-0.39, 0.29) is 0 Å². The van der Waals surface area contributed by atoms with Crippen LogP contribution in [0.2, 0.25) is 0 Å². The first-order valence-corrected chi connectivity index (χ1v) is 4.46. The summed E-state index contributed by atoms with van der Waals surface area (Å²) in [6, 6.07) is 2.08. The summed E-state index contributed by atoms with van der Waals surface area (Å²) in [6.07, 6.45) is 7.04. The molecule has 14 heavy (non-hydrogen) atoms. The van der Waals surface area contributed by atoms with Gasteiger partial charge in [-0.05, 0) is 25.5 Å². The Morgan fingerprint density at radius 3 is 2.57 bits per heavy atom. The third kappa shape index (κ3) is 1.62. The molecule has 0 amide bonds. The van der Waals surface area contributed by atoms with Gasteiger partial charge in [0, 0.05) is 35.4 Å². The SMILES string of the molecule is Cc1cncc(-c2cncnc2C)c1. The van der Waals surface area contributed by atoms with E-state index in [1.807, 2.05) is 32.4 Å². The van der Waals surface area contributed by atoms with Gasteiger partial charge in [-0.1, -0.05) is 0 Å². The molecule has 2 rings (SSSR count). The molecule has 0 saturated heterocycles. The van der Waals surface area contributed by atoms with Gasteiger partial charge < -0.3 is 0 Å². The van der Waals surface area contributed by atoms with Gasteiger partial charge in [0.1, 0.15) is 6.33 Å². The molecule has 0 aliphatic rings. The molecule has 0 radical (unpaired) electrons. The number of aromatic nitrogens is 3. The molecule has 0 aliphatic carbocycles. The van der Waals surface area contributed by atoms with Crippen molar-refractivity contribution < 1.29 is 0 Å². The lowest BCUT2D eigenvalue weighted by atomic mass is 10.1. The molecule has 2 aromatic heterocycles. The first kappa shape index (κ1) is 8.81. The van der Waals surface area contributed by atoms with Gasteiger partial charge in [0.05, 0.1) is 0 Å². The number of pyridine rings is 1. The van der Waals surface area contributed by atoms with E-state index < -0.39 is 0 Å². The van der Waals surface area contributed by atoms with E-state index >= 15 is 0 Å². The summed E-state index contributed by atoms with van der Waals surface area (Å²) in [6.45, 7) is 4.00. The summed E-state index contributed by atoms with van der Waals surface area (Å²) >= 11 is 0. The lowest BCUT2D eigenvalue weighted by Crippen LogP contribution is -1.90. The molecule has 3 heteroatoms. The summed E-state index contributed by atoms with van der Waals surface area (Å²) in [5.74, 6) is 0. The normalized spacial score (nSPS) is 10.1. The van der Waals surface area contributed by atoms with Crippen molar-refractivity contribution in [3.05, 3.63) is 42.2 Å². The molecule has 0 aliphatic heterocycles. The third-order valence-corrected chi connectivity index (χ3v) is 2.10. The standard InChI is InChI=1S/C11H11N3/c1-8-3-10(5-12-4-8)11-6-13-7-14-9(11)2/h3-7H,1-2H3. The van der Waals surface area contributed by atoms with Crippen LogP contribution in [0.15, 0.2) is 31.0 Å². The minimum atomic E-state index is 0.979. The van der Waals surface area contributed by atoms with Crippen LogP contribution in [0.1, 0.15) is 11.3 Å². The Morgan fingerprint density at radius 2 is 1.86 bits per heavy atom. The summed E-state index contributed by atoms with van der Waals surface area (Å²) < 4.78 is 0. The zero-order chi connectivity index (χ0) is 9.97. The maximum Gasteiger partial charge on any atom is 0.115 e. The first-order chi connectivity index (χ1) is 6.77. The molecule has 2 heterocycles. The van der Waals surface area contributed by atoms with Crippen LogP contribution in [-0.2, 0) is 0 Å². The zero-order valence-electron chi connectivity index (χ0n) is 8.23. The Kier molecular flexibility index (Phi) is 2.23. The number of rotatable bonds is 1. The van der Waals surface area contributed by atoms with Gasteiger partial charge in [0.15, 0.2) is 0 Å². The molecule has 0 fully saturated rings. The van der Waals surface area contributed by atoms with Crippen molar-refractivity contribution in [2.24, 2.45) is 0 Å². The van der Waals surface area contributed by atoms with Gasteiger partial charge in [0.2, 0.25) is 0 Å². The van der Waals surface area contributed by atoms with Gasteiger partial charge in [-0.3, -0.25) is 4.98 Å². The highest BCUT2D eigenvalue weighted by Gasteiger charge is 2.02. The number of aryl methyl sites for hydroxylation is 2. The van der Waals surface area contributed by atoms with E-state index in [0.717, 1.165) is 22.4 Å². The van der Waals surface area contributed by atoms with Crippen LogP contribution >= 0.6 is 0 Å². The van der Waals surface area contributed by atoms with E-state index in [4.69, 9.17) is 0 Å². The molecule has 0 spiro atoms. The van der Waals surface area contributed by atoms with Crippen LogP contribution in [0.3, 0.4) is 0 Å². The average molecular weight is 185 g/mol. The second kappa shape index (κ2) is 3.54. The minimum Gasteiger partial charge on any atom is -0.264 e. The minimum absolute atomic E-state index is 0.979. The number of hydrogen-bond donors (Lipinski definition) is 0. The lowest BCUT2D eigenvalue weighted by molar-refractivity contribution is 1.10.